The Morgan fingerprint density at radius 1 is 0.630 bits per heavy atom. The topological polar surface area (TPSA) is 109 Å². The lowest BCUT2D eigenvalue weighted by Crippen LogP contribution is -2.39. The smallest absolute Gasteiger partial charge is 0.338 e. The standard InChI is InChI=1S/C45H82N2O7/c1-6-8-10-12-14-16-18-20-22-24-28-40(48)37-47(38-41(49)29-25-23-21-19-17-15-13-11-9-7-2)34-26-30-44(50)54-42-32-31-39(36-43(42)52-5)45(51)53-35-27-33-46(3)4/h31-32,36,40-41,48-49H,6-30,33-35,37-38H2,1-5H3. The van der Waals surface area contributed by atoms with Crippen LogP contribution in [0.1, 0.15) is 185 Å². The molecule has 0 aromatic heterocycles. The van der Waals surface area contributed by atoms with Gasteiger partial charge in [-0.3, -0.25) is 9.69 Å². The molecular weight excluding hydrogens is 681 g/mol. The minimum Gasteiger partial charge on any atom is -0.493 e. The van der Waals surface area contributed by atoms with Crippen LogP contribution >= 0.6 is 0 Å². The number of hydrogen-bond acceptors (Lipinski definition) is 9. The third-order valence-electron chi connectivity index (χ3n) is 10.2. The average Bonchev–Trinajstić information content (AvgIpc) is 3.14. The summed E-state index contributed by atoms with van der Waals surface area (Å²) in [5.74, 6) is -0.305. The number of hydrogen-bond donors (Lipinski definition) is 2. The number of rotatable bonds is 37. The number of aliphatic hydroxyl groups excluding tert-OH is 2. The van der Waals surface area contributed by atoms with Crippen LogP contribution in [-0.4, -0.2) is 98.2 Å². The molecule has 0 amide bonds. The van der Waals surface area contributed by atoms with Crippen LogP contribution in [0.3, 0.4) is 0 Å². The van der Waals surface area contributed by atoms with Gasteiger partial charge in [0.25, 0.3) is 0 Å². The molecule has 9 nitrogen and oxygen atoms in total. The van der Waals surface area contributed by atoms with Crippen LogP contribution in [0.5, 0.6) is 11.5 Å². The van der Waals surface area contributed by atoms with E-state index in [1.165, 1.54) is 116 Å². The van der Waals surface area contributed by atoms with Gasteiger partial charge in [0.15, 0.2) is 11.5 Å². The lowest BCUT2D eigenvalue weighted by molar-refractivity contribution is -0.134. The lowest BCUT2D eigenvalue weighted by Gasteiger charge is -2.27. The van der Waals surface area contributed by atoms with Crippen molar-refractivity contribution in [2.45, 2.75) is 187 Å². The van der Waals surface area contributed by atoms with Crippen molar-refractivity contribution in [1.29, 1.82) is 0 Å². The van der Waals surface area contributed by atoms with Crippen LogP contribution in [0.15, 0.2) is 18.2 Å². The van der Waals surface area contributed by atoms with Crippen molar-refractivity contribution in [1.82, 2.24) is 9.80 Å². The van der Waals surface area contributed by atoms with E-state index in [0.29, 0.717) is 38.2 Å². The number of methoxy groups -OCH3 is 1. The van der Waals surface area contributed by atoms with Gasteiger partial charge in [-0.2, -0.15) is 0 Å². The molecule has 0 fully saturated rings. The van der Waals surface area contributed by atoms with E-state index in [0.717, 1.165) is 51.5 Å². The first-order chi connectivity index (χ1) is 26.2. The summed E-state index contributed by atoms with van der Waals surface area (Å²) in [7, 11) is 5.41. The number of benzene rings is 1. The van der Waals surface area contributed by atoms with Crippen LogP contribution in [-0.2, 0) is 9.53 Å². The Labute approximate surface area is 330 Å². The van der Waals surface area contributed by atoms with Gasteiger partial charge in [0.2, 0.25) is 0 Å². The highest BCUT2D eigenvalue weighted by Gasteiger charge is 2.18. The van der Waals surface area contributed by atoms with Crippen molar-refractivity contribution in [2.75, 3.05) is 54.0 Å². The zero-order chi connectivity index (χ0) is 39.7. The summed E-state index contributed by atoms with van der Waals surface area (Å²) in [4.78, 5) is 29.6. The number of esters is 2. The van der Waals surface area contributed by atoms with Crippen molar-refractivity contribution in [3.63, 3.8) is 0 Å². The summed E-state index contributed by atoms with van der Waals surface area (Å²) in [6, 6.07) is 4.67. The summed E-state index contributed by atoms with van der Waals surface area (Å²) >= 11 is 0. The molecule has 0 aliphatic carbocycles. The van der Waals surface area contributed by atoms with E-state index < -0.39 is 24.1 Å². The van der Waals surface area contributed by atoms with Crippen LogP contribution in [0.4, 0.5) is 0 Å². The largest absolute Gasteiger partial charge is 0.493 e. The monoisotopic (exact) mass is 763 g/mol. The van der Waals surface area contributed by atoms with Gasteiger partial charge in [-0.15, -0.1) is 0 Å². The highest BCUT2D eigenvalue weighted by atomic mass is 16.6. The Hall–Kier alpha value is -2.20. The van der Waals surface area contributed by atoms with E-state index in [-0.39, 0.29) is 17.9 Å². The van der Waals surface area contributed by atoms with Crippen molar-refractivity contribution in [3.05, 3.63) is 23.8 Å². The molecule has 9 heteroatoms. The van der Waals surface area contributed by atoms with Gasteiger partial charge >= 0.3 is 11.9 Å². The first kappa shape index (κ1) is 49.8. The molecule has 0 aliphatic heterocycles. The lowest BCUT2D eigenvalue weighted by atomic mass is 10.0. The molecular formula is C45H82N2O7. The molecule has 1 rings (SSSR count). The predicted molar refractivity (Wildman–Crippen MR) is 223 cm³/mol. The van der Waals surface area contributed by atoms with Gasteiger partial charge in [0, 0.05) is 26.1 Å². The Bertz CT molecular complexity index is 1020. The molecule has 0 spiro atoms. The summed E-state index contributed by atoms with van der Waals surface area (Å²) in [6.45, 7) is 7.20. The Kier molecular flexibility index (Phi) is 31.4. The maximum Gasteiger partial charge on any atom is 0.338 e. The zero-order valence-corrected chi connectivity index (χ0v) is 35.4. The second-order valence-corrected chi connectivity index (χ2v) is 15.7. The van der Waals surface area contributed by atoms with Crippen LogP contribution in [0, 0.1) is 0 Å². The first-order valence-corrected chi connectivity index (χ1v) is 22.0. The van der Waals surface area contributed by atoms with Crippen LogP contribution in [0.25, 0.3) is 0 Å². The molecule has 54 heavy (non-hydrogen) atoms. The SMILES string of the molecule is CCCCCCCCCCCCC(O)CN(CCCC(=O)Oc1ccc(C(=O)OCCCN(C)C)cc1OC)CC(O)CCCCCCCCCCCC. The Morgan fingerprint density at radius 2 is 1.11 bits per heavy atom. The summed E-state index contributed by atoms with van der Waals surface area (Å²) in [5, 5.41) is 21.9. The molecule has 0 saturated carbocycles. The quantitative estimate of drug-likeness (QED) is 0.0389. The third kappa shape index (κ3) is 27.4. The molecule has 2 atom stereocenters. The van der Waals surface area contributed by atoms with E-state index in [1.54, 1.807) is 12.1 Å². The predicted octanol–water partition coefficient (Wildman–Crippen LogP) is 10.1. The molecule has 0 heterocycles. The molecule has 1 aromatic rings. The minimum absolute atomic E-state index is 0.179. The van der Waals surface area contributed by atoms with E-state index in [9.17, 15) is 19.8 Å². The highest BCUT2D eigenvalue weighted by molar-refractivity contribution is 5.90. The third-order valence-corrected chi connectivity index (χ3v) is 10.2. The molecule has 314 valence electrons. The van der Waals surface area contributed by atoms with Gasteiger partial charge in [0.05, 0.1) is 31.5 Å². The van der Waals surface area contributed by atoms with Gasteiger partial charge in [-0.25, -0.2) is 4.79 Å². The molecule has 0 radical (unpaired) electrons. The maximum atomic E-state index is 12.9. The van der Waals surface area contributed by atoms with Crippen molar-refractivity contribution >= 4 is 11.9 Å². The summed E-state index contributed by atoms with van der Waals surface area (Å²) < 4.78 is 16.4. The van der Waals surface area contributed by atoms with E-state index in [4.69, 9.17) is 14.2 Å². The number of aliphatic hydroxyl groups is 2. The molecule has 0 bridgehead atoms. The number of ether oxygens (including phenoxy) is 3. The van der Waals surface area contributed by atoms with Gasteiger partial charge < -0.3 is 29.3 Å². The van der Waals surface area contributed by atoms with Crippen LogP contribution < -0.4 is 9.47 Å². The fourth-order valence-corrected chi connectivity index (χ4v) is 6.90. The molecule has 0 saturated heterocycles. The van der Waals surface area contributed by atoms with Crippen molar-refractivity contribution < 1.29 is 34.0 Å². The van der Waals surface area contributed by atoms with E-state index in [2.05, 4.69) is 18.7 Å². The fourth-order valence-electron chi connectivity index (χ4n) is 6.90. The van der Waals surface area contributed by atoms with E-state index in [1.807, 2.05) is 19.0 Å². The van der Waals surface area contributed by atoms with Gasteiger partial charge in [-0.1, -0.05) is 142 Å². The summed E-state index contributed by atoms with van der Waals surface area (Å²) in [5.41, 5.74) is 0.333. The van der Waals surface area contributed by atoms with Gasteiger partial charge in [0.1, 0.15) is 0 Å². The molecule has 2 unspecified atom stereocenters. The van der Waals surface area contributed by atoms with E-state index >= 15 is 0 Å². The number of carbonyl (C=O) groups is 2. The molecule has 0 aliphatic rings. The average molecular weight is 763 g/mol. The van der Waals surface area contributed by atoms with Crippen LogP contribution in [0.2, 0.25) is 0 Å². The second-order valence-electron chi connectivity index (χ2n) is 15.7. The maximum absolute atomic E-state index is 12.9. The highest BCUT2D eigenvalue weighted by Crippen LogP contribution is 2.29. The van der Waals surface area contributed by atoms with Gasteiger partial charge in [-0.05, 0) is 64.5 Å². The Morgan fingerprint density at radius 3 is 1.57 bits per heavy atom. The van der Waals surface area contributed by atoms with Crippen molar-refractivity contribution in [3.8, 4) is 11.5 Å². The Balaban J connectivity index is 2.58. The summed E-state index contributed by atoms with van der Waals surface area (Å²) in [6.07, 6.45) is 27.3. The fraction of sp³-hybridized carbons (Fsp3) is 0.822. The number of unbranched alkanes of at least 4 members (excludes halogenated alkanes) is 18. The molecule has 1 aromatic carbocycles. The molecule has 2 N–H and O–H groups in total. The normalized spacial score (nSPS) is 12.7. The number of nitrogens with zero attached hydrogens (tertiary/aromatic N) is 2. The first-order valence-electron chi connectivity index (χ1n) is 22.0. The second kappa shape index (κ2) is 34.1. The zero-order valence-electron chi connectivity index (χ0n) is 35.4. The minimum atomic E-state index is -0.460. The van der Waals surface area contributed by atoms with Crippen molar-refractivity contribution in [2.24, 2.45) is 0 Å². The number of carbonyl (C=O) groups excluding carboxylic acids is 2.